The Morgan fingerprint density at radius 3 is 2.24 bits per heavy atom. The molecule has 0 saturated carbocycles. The molecular weight excluding hydrogens is 378 g/mol. The molecule has 0 amide bonds. The van der Waals surface area contributed by atoms with Crippen LogP contribution in [0.1, 0.15) is 42.8 Å². The van der Waals surface area contributed by atoms with Gasteiger partial charge in [-0.3, -0.25) is 0 Å². The highest BCUT2D eigenvalue weighted by Gasteiger charge is 2.18. The third-order valence-electron chi connectivity index (χ3n) is 5.14. The maximum atomic E-state index is 4.85. The number of fused-ring (bicyclic) bond motifs is 1. The molecule has 0 aliphatic carbocycles. The van der Waals surface area contributed by atoms with E-state index in [-0.39, 0.29) is 5.92 Å². The highest BCUT2D eigenvalue weighted by Crippen LogP contribution is 2.30. The molecule has 2 aromatic heterocycles. The van der Waals surface area contributed by atoms with Gasteiger partial charge in [0.2, 0.25) is 4.96 Å². The summed E-state index contributed by atoms with van der Waals surface area (Å²) in [6, 6.07) is 17.3. The molecular formula is C23H27N5S. The Balaban J connectivity index is 1.61. The van der Waals surface area contributed by atoms with Gasteiger partial charge in [0.15, 0.2) is 5.82 Å². The first kappa shape index (κ1) is 19.6. The Kier molecular flexibility index (Phi) is 5.37. The Morgan fingerprint density at radius 1 is 0.931 bits per heavy atom. The highest BCUT2D eigenvalue weighted by atomic mass is 32.1. The molecule has 150 valence electrons. The van der Waals surface area contributed by atoms with Crippen molar-refractivity contribution in [3.8, 4) is 11.4 Å². The van der Waals surface area contributed by atoms with Crippen molar-refractivity contribution in [2.75, 3.05) is 19.0 Å². The zero-order chi connectivity index (χ0) is 20.5. The molecule has 2 heterocycles. The summed E-state index contributed by atoms with van der Waals surface area (Å²) in [6.45, 7) is 6.71. The smallest absolute Gasteiger partial charge is 0.234 e. The fraction of sp³-hybridized carbons (Fsp3) is 0.348. The van der Waals surface area contributed by atoms with Gasteiger partial charge in [0, 0.05) is 31.3 Å². The van der Waals surface area contributed by atoms with Crippen molar-refractivity contribution in [2.45, 2.75) is 33.1 Å². The molecule has 0 unspecified atom stereocenters. The van der Waals surface area contributed by atoms with Gasteiger partial charge in [0.25, 0.3) is 0 Å². The number of rotatable bonds is 6. The first-order chi connectivity index (χ1) is 13.9. The predicted molar refractivity (Wildman–Crippen MR) is 121 cm³/mol. The van der Waals surface area contributed by atoms with E-state index >= 15 is 0 Å². The maximum Gasteiger partial charge on any atom is 0.234 e. The van der Waals surface area contributed by atoms with Crippen LogP contribution >= 0.6 is 11.3 Å². The molecule has 4 rings (SSSR count). The maximum absolute atomic E-state index is 4.85. The van der Waals surface area contributed by atoms with Crippen LogP contribution in [0.3, 0.4) is 0 Å². The van der Waals surface area contributed by atoms with Crippen molar-refractivity contribution in [1.82, 2.24) is 19.8 Å². The topological polar surface area (TPSA) is 46.3 Å². The molecule has 0 fully saturated rings. The molecule has 0 bridgehead atoms. The second-order valence-electron chi connectivity index (χ2n) is 8.16. The van der Waals surface area contributed by atoms with E-state index in [1.807, 2.05) is 18.6 Å². The second kappa shape index (κ2) is 7.95. The van der Waals surface area contributed by atoms with Crippen LogP contribution in [0.4, 0.5) is 5.69 Å². The number of nitrogens with zero attached hydrogens (tertiary/aromatic N) is 5. The van der Waals surface area contributed by atoms with Gasteiger partial charge in [0.1, 0.15) is 5.01 Å². The lowest BCUT2D eigenvalue weighted by Gasteiger charge is -2.12. The van der Waals surface area contributed by atoms with Crippen LogP contribution in [0.5, 0.6) is 0 Å². The lowest BCUT2D eigenvalue weighted by atomic mass is 9.97. The van der Waals surface area contributed by atoms with Gasteiger partial charge < -0.3 is 4.90 Å². The summed E-state index contributed by atoms with van der Waals surface area (Å²) in [4.78, 5) is 2.91. The van der Waals surface area contributed by atoms with E-state index in [1.165, 1.54) is 11.1 Å². The average Bonchev–Trinajstić information content (AvgIpc) is 3.28. The van der Waals surface area contributed by atoms with E-state index < -0.39 is 0 Å². The lowest BCUT2D eigenvalue weighted by Crippen LogP contribution is -2.08. The van der Waals surface area contributed by atoms with Crippen molar-refractivity contribution >= 4 is 22.0 Å². The molecule has 0 saturated heterocycles. The van der Waals surface area contributed by atoms with Crippen molar-refractivity contribution in [3.63, 3.8) is 0 Å². The Hall–Kier alpha value is -2.73. The summed E-state index contributed by atoms with van der Waals surface area (Å²) in [5, 5.41) is 14.6. The van der Waals surface area contributed by atoms with Gasteiger partial charge in [-0.15, -0.1) is 10.2 Å². The fourth-order valence-electron chi connectivity index (χ4n) is 3.45. The second-order valence-corrected chi connectivity index (χ2v) is 9.15. The molecule has 29 heavy (non-hydrogen) atoms. The molecule has 0 aliphatic rings. The van der Waals surface area contributed by atoms with Gasteiger partial charge in [-0.2, -0.15) is 9.61 Å². The quantitative estimate of drug-likeness (QED) is 0.438. The summed E-state index contributed by atoms with van der Waals surface area (Å²) in [6.07, 6.45) is 1.11. The van der Waals surface area contributed by atoms with Gasteiger partial charge in [-0.1, -0.05) is 56.4 Å². The minimum Gasteiger partial charge on any atom is -0.378 e. The largest absolute Gasteiger partial charge is 0.378 e. The third kappa shape index (κ3) is 4.03. The first-order valence-electron chi connectivity index (χ1n) is 10.0. The molecule has 0 aliphatic heterocycles. The van der Waals surface area contributed by atoms with E-state index in [9.17, 15) is 0 Å². The van der Waals surface area contributed by atoms with Crippen molar-refractivity contribution in [1.29, 1.82) is 0 Å². The van der Waals surface area contributed by atoms with Crippen molar-refractivity contribution in [2.24, 2.45) is 5.92 Å². The molecule has 0 N–H and O–H groups in total. The van der Waals surface area contributed by atoms with Gasteiger partial charge in [0.05, 0.1) is 0 Å². The van der Waals surface area contributed by atoms with Crippen LogP contribution in [0.15, 0.2) is 48.5 Å². The Morgan fingerprint density at radius 2 is 1.62 bits per heavy atom. The zero-order valence-electron chi connectivity index (χ0n) is 17.6. The Labute approximate surface area is 176 Å². The zero-order valence-corrected chi connectivity index (χ0v) is 18.4. The summed E-state index contributed by atoms with van der Waals surface area (Å²) in [5.74, 6) is 1.67. The number of anilines is 1. The molecule has 4 aromatic rings. The lowest BCUT2D eigenvalue weighted by molar-refractivity contribution is 0.647. The van der Waals surface area contributed by atoms with E-state index in [0.29, 0.717) is 5.92 Å². The summed E-state index contributed by atoms with van der Waals surface area (Å²) >= 11 is 1.61. The number of benzene rings is 2. The fourth-order valence-corrected chi connectivity index (χ4v) is 4.37. The monoisotopic (exact) mass is 405 g/mol. The number of hydrogen-bond donors (Lipinski definition) is 0. The Bertz CT molecular complexity index is 1090. The van der Waals surface area contributed by atoms with Gasteiger partial charge in [-0.05, 0) is 47.7 Å². The van der Waals surface area contributed by atoms with Crippen LogP contribution in [0.2, 0.25) is 0 Å². The normalized spacial score (nSPS) is 12.6. The number of hydrogen-bond acceptors (Lipinski definition) is 5. The summed E-state index contributed by atoms with van der Waals surface area (Å²) < 4.78 is 1.87. The predicted octanol–water partition coefficient (Wildman–Crippen LogP) is 5.27. The number of aromatic nitrogens is 4. The van der Waals surface area contributed by atoms with Gasteiger partial charge in [-0.25, -0.2) is 0 Å². The van der Waals surface area contributed by atoms with Crippen LogP contribution < -0.4 is 4.90 Å². The molecule has 5 nitrogen and oxygen atoms in total. The van der Waals surface area contributed by atoms with Crippen LogP contribution in [0.25, 0.3) is 16.3 Å². The first-order valence-corrected chi connectivity index (χ1v) is 10.8. The minimum absolute atomic E-state index is 0.221. The van der Waals surface area contributed by atoms with Crippen LogP contribution in [-0.4, -0.2) is 33.9 Å². The SMILES string of the molecule is CC(C)Cc1ccc([C@H](C)c2nn3c(-c4ccc(N(C)C)cc4)nnc3s2)cc1. The van der Waals surface area contributed by atoms with Crippen molar-refractivity contribution < 1.29 is 0 Å². The van der Waals surface area contributed by atoms with E-state index in [2.05, 4.69) is 84.4 Å². The highest BCUT2D eigenvalue weighted by molar-refractivity contribution is 7.16. The van der Waals surface area contributed by atoms with E-state index in [0.717, 1.165) is 33.5 Å². The molecule has 6 heteroatoms. The molecule has 1 atom stereocenters. The molecule has 0 spiro atoms. The van der Waals surface area contributed by atoms with Crippen LogP contribution in [0, 0.1) is 5.92 Å². The minimum atomic E-state index is 0.221. The van der Waals surface area contributed by atoms with Gasteiger partial charge >= 0.3 is 0 Å². The van der Waals surface area contributed by atoms with Crippen molar-refractivity contribution in [3.05, 3.63) is 64.7 Å². The summed E-state index contributed by atoms with van der Waals surface area (Å²) in [7, 11) is 4.07. The standard InChI is InChI=1S/C23H27N5S/c1-15(2)14-17-6-8-18(9-7-17)16(3)22-26-28-21(24-25-23(28)29-22)19-10-12-20(13-11-19)27(4)5/h6-13,15-16H,14H2,1-5H3/t16-/m0/s1. The molecule has 2 aromatic carbocycles. The summed E-state index contributed by atoms with van der Waals surface area (Å²) in [5.41, 5.74) is 4.84. The van der Waals surface area contributed by atoms with E-state index in [4.69, 9.17) is 5.10 Å². The molecule has 0 radical (unpaired) electrons. The van der Waals surface area contributed by atoms with E-state index in [1.54, 1.807) is 11.3 Å². The van der Waals surface area contributed by atoms with Crippen LogP contribution in [-0.2, 0) is 6.42 Å². The third-order valence-corrected chi connectivity index (χ3v) is 6.22. The average molecular weight is 406 g/mol.